The van der Waals surface area contributed by atoms with Crippen molar-refractivity contribution < 1.29 is 13.6 Å². The second kappa shape index (κ2) is 5.16. The van der Waals surface area contributed by atoms with Gasteiger partial charge in [0.1, 0.15) is 0 Å². The summed E-state index contributed by atoms with van der Waals surface area (Å²) in [5.41, 5.74) is 6.20. The first kappa shape index (κ1) is 12.8. The van der Waals surface area contributed by atoms with Gasteiger partial charge in [-0.05, 0) is 24.1 Å². The lowest BCUT2D eigenvalue weighted by atomic mass is 9.96. The van der Waals surface area contributed by atoms with Crippen LogP contribution in [0.3, 0.4) is 0 Å². The Balaban J connectivity index is 2.73. The van der Waals surface area contributed by atoms with Gasteiger partial charge in [-0.25, -0.2) is 8.78 Å². The third-order valence-electron chi connectivity index (χ3n) is 2.37. The normalized spacial score (nSPS) is 12.9. The molecule has 0 aliphatic carbocycles. The number of carbonyl (C=O) groups excluding carboxylic acids is 1. The Morgan fingerprint density at radius 2 is 1.94 bits per heavy atom. The zero-order valence-electron chi connectivity index (χ0n) is 9.34. The summed E-state index contributed by atoms with van der Waals surface area (Å²) < 4.78 is 25.5. The summed E-state index contributed by atoms with van der Waals surface area (Å²) in [4.78, 5) is 11.5. The molecule has 0 fully saturated rings. The summed E-state index contributed by atoms with van der Waals surface area (Å²) in [6.45, 7) is 3.51. The minimum atomic E-state index is -0.915. The van der Waals surface area contributed by atoms with Gasteiger partial charge in [0.25, 0.3) is 0 Å². The molecule has 0 heterocycles. The van der Waals surface area contributed by atoms with E-state index in [0.717, 1.165) is 12.1 Å². The standard InChI is InChI=1S/C12H15F2NO/c1-7(2)12(16)11(15)6-8-3-4-9(13)10(14)5-8/h3-5,7,11H,6,15H2,1-2H3/t11-/m1/s1. The molecule has 16 heavy (non-hydrogen) atoms. The quantitative estimate of drug-likeness (QED) is 0.855. The van der Waals surface area contributed by atoms with Gasteiger partial charge in [0, 0.05) is 5.92 Å². The van der Waals surface area contributed by atoms with E-state index in [1.165, 1.54) is 6.07 Å². The Labute approximate surface area is 93.5 Å². The SMILES string of the molecule is CC(C)C(=O)[C@H](N)Cc1ccc(F)c(F)c1. The number of Topliss-reactive ketones (excluding diaryl/α,β-unsaturated/α-hetero) is 1. The lowest BCUT2D eigenvalue weighted by Crippen LogP contribution is -2.35. The van der Waals surface area contributed by atoms with Gasteiger partial charge >= 0.3 is 0 Å². The second-order valence-corrected chi connectivity index (χ2v) is 4.12. The lowest BCUT2D eigenvalue weighted by molar-refractivity contribution is -0.123. The van der Waals surface area contributed by atoms with Crippen molar-refractivity contribution in [3.8, 4) is 0 Å². The van der Waals surface area contributed by atoms with Crippen LogP contribution in [0.15, 0.2) is 18.2 Å². The van der Waals surface area contributed by atoms with E-state index in [1.54, 1.807) is 13.8 Å². The Hall–Kier alpha value is -1.29. The van der Waals surface area contributed by atoms with Crippen molar-refractivity contribution in [2.45, 2.75) is 26.3 Å². The zero-order chi connectivity index (χ0) is 12.3. The molecule has 88 valence electrons. The van der Waals surface area contributed by atoms with Crippen LogP contribution in [0.1, 0.15) is 19.4 Å². The number of carbonyl (C=O) groups is 1. The molecule has 0 aliphatic rings. The van der Waals surface area contributed by atoms with Gasteiger partial charge in [0.05, 0.1) is 6.04 Å². The number of nitrogens with two attached hydrogens (primary N) is 1. The highest BCUT2D eigenvalue weighted by molar-refractivity contribution is 5.85. The lowest BCUT2D eigenvalue weighted by Gasteiger charge is -2.13. The monoisotopic (exact) mass is 227 g/mol. The van der Waals surface area contributed by atoms with Crippen molar-refractivity contribution >= 4 is 5.78 Å². The Kier molecular flexibility index (Phi) is 4.12. The third-order valence-corrected chi connectivity index (χ3v) is 2.37. The Morgan fingerprint density at radius 3 is 2.44 bits per heavy atom. The van der Waals surface area contributed by atoms with Crippen LogP contribution in [0.4, 0.5) is 8.78 Å². The summed E-state index contributed by atoms with van der Waals surface area (Å²) in [6, 6.07) is 2.89. The number of ketones is 1. The Morgan fingerprint density at radius 1 is 1.31 bits per heavy atom. The van der Waals surface area contributed by atoms with Crippen LogP contribution in [0.25, 0.3) is 0 Å². The van der Waals surface area contributed by atoms with Gasteiger partial charge in [-0.15, -0.1) is 0 Å². The summed E-state index contributed by atoms with van der Waals surface area (Å²) in [5, 5.41) is 0. The largest absolute Gasteiger partial charge is 0.321 e. The van der Waals surface area contributed by atoms with Crippen LogP contribution in [0, 0.1) is 17.6 Å². The van der Waals surface area contributed by atoms with E-state index in [2.05, 4.69) is 0 Å². The van der Waals surface area contributed by atoms with Crippen molar-refractivity contribution in [3.63, 3.8) is 0 Å². The molecule has 0 saturated carbocycles. The number of benzene rings is 1. The summed E-state index contributed by atoms with van der Waals surface area (Å²) >= 11 is 0. The predicted molar refractivity (Wildman–Crippen MR) is 57.9 cm³/mol. The molecule has 1 atom stereocenters. The van der Waals surface area contributed by atoms with E-state index >= 15 is 0 Å². The Bertz CT molecular complexity index is 391. The first-order valence-electron chi connectivity index (χ1n) is 5.15. The van der Waals surface area contributed by atoms with Gasteiger partial charge in [-0.2, -0.15) is 0 Å². The average molecular weight is 227 g/mol. The molecule has 2 N–H and O–H groups in total. The summed E-state index contributed by atoms with van der Waals surface area (Å²) in [7, 11) is 0. The first-order valence-corrected chi connectivity index (χ1v) is 5.15. The highest BCUT2D eigenvalue weighted by Gasteiger charge is 2.17. The van der Waals surface area contributed by atoms with Crippen molar-refractivity contribution in [2.24, 2.45) is 11.7 Å². The van der Waals surface area contributed by atoms with Gasteiger partial charge in [-0.1, -0.05) is 19.9 Å². The number of hydrogen-bond acceptors (Lipinski definition) is 2. The minimum Gasteiger partial charge on any atom is -0.321 e. The highest BCUT2D eigenvalue weighted by Crippen LogP contribution is 2.11. The highest BCUT2D eigenvalue weighted by atomic mass is 19.2. The van der Waals surface area contributed by atoms with Gasteiger partial charge in [0.2, 0.25) is 0 Å². The fraction of sp³-hybridized carbons (Fsp3) is 0.417. The molecule has 1 rings (SSSR count). The minimum absolute atomic E-state index is 0.0790. The maximum absolute atomic E-state index is 12.9. The zero-order valence-corrected chi connectivity index (χ0v) is 9.34. The molecule has 0 amide bonds. The van der Waals surface area contributed by atoms with Crippen LogP contribution in [0.5, 0.6) is 0 Å². The topological polar surface area (TPSA) is 43.1 Å². The summed E-state index contributed by atoms with van der Waals surface area (Å²) in [6.07, 6.45) is 0.230. The first-order chi connectivity index (χ1) is 7.41. The molecule has 1 aromatic carbocycles. The maximum atomic E-state index is 12.9. The van der Waals surface area contributed by atoms with E-state index < -0.39 is 17.7 Å². The van der Waals surface area contributed by atoms with E-state index in [9.17, 15) is 13.6 Å². The molecule has 0 spiro atoms. The second-order valence-electron chi connectivity index (χ2n) is 4.12. The van der Waals surface area contributed by atoms with Crippen LogP contribution in [-0.4, -0.2) is 11.8 Å². The summed E-state index contributed by atoms with van der Waals surface area (Å²) in [5.74, 6) is -2.04. The molecule has 1 aromatic rings. The van der Waals surface area contributed by atoms with Crippen LogP contribution >= 0.6 is 0 Å². The van der Waals surface area contributed by atoms with E-state index in [0.29, 0.717) is 5.56 Å². The van der Waals surface area contributed by atoms with Crippen LogP contribution in [0.2, 0.25) is 0 Å². The average Bonchev–Trinajstić information content (AvgIpc) is 2.22. The van der Waals surface area contributed by atoms with Gasteiger partial charge in [0.15, 0.2) is 17.4 Å². The molecule has 0 radical (unpaired) electrons. The van der Waals surface area contributed by atoms with E-state index in [-0.39, 0.29) is 18.1 Å². The number of rotatable bonds is 4. The van der Waals surface area contributed by atoms with Crippen molar-refractivity contribution in [1.29, 1.82) is 0 Å². The fourth-order valence-corrected chi connectivity index (χ4v) is 1.45. The van der Waals surface area contributed by atoms with E-state index in [4.69, 9.17) is 5.73 Å². The molecule has 0 aromatic heterocycles. The fourth-order valence-electron chi connectivity index (χ4n) is 1.45. The van der Waals surface area contributed by atoms with Gasteiger partial charge in [-0.3, -0.25) is 4.79 Å². The van der Waals surface area contributed by atoms with Crippen molar-refractivity contribution in [1.82, 2.24) is 0 Å². The van der Waals surface area contributed by atoms with Crippen molar-refractivity contribution in [2.75, 3.05) is 0 Å². The van der Waals surface area contributed by atoms with E-state index in [1.807, 2.05) is 0 Å². The molecule has 2 nitrogen and oxygen atoms in total. The molecular weight excluding hydrogens is 212 g/mol. The maximum Gasteiger partial charge on any atom is 0.159 e. The van der Waals surface area contributed by atoms with Crippen LogP contribution in [-0.2, 0) is 11.2 Å². The van der Waals surface area contributed by atoms with Crippen LogP contribution < -0.4 is 5.73 Å². The smallest absolute Gasteiger partial charge is 0.159 e. The van der Waals surface area contributed by atoms with Gasteiger partial charge < -0.3 is 5.73 Å². The molecule has 4 heteroatoms. The third kappa shape index (κ3) is 3.10. The molecular formula is C12H15F2NO. The molecule has 0 bridgehead atoms. The number of hydrogen-bond donors (Lipinski definition) is 1. The molecule has 0 aliphatic heterocycles. The molecule has 0 unspecified atom stereocenters. The number of halogens is 2. The predicted octanol–water partition coefficient (Wildman–Crippen LogP) is 2.06. The van der Waals surface area contributed by atoms with Crippen molar-refractivity contribution in [3.05, 3.63) is 35.4 Å². The molecule has 0 saturated heterocycles.